The lowest BCUT2D eigenvalue weighted by molar-refractivity contribution is -0.136. The van der Waals surface area contributed by atoms with Gasteiger partial charge < -0.3 is 9.64 Å². The smallest absolute Gasteiger partial charge is 0.219 e. The zero-order chi connectivity index (χ0) is 16.9. The molecule has 2 unspecified atom stereocenters. The van der Waals surface area contributed by atoms with E-state index in [0.717, 1.165) is 32.2 Å². The van der Waals surface area contributed by atoms with Crippen LogP contribution in [0, 0.1) is 0 Å². The molecule has 2 aliphatic rings. The molecule has 2 atom stereocenters. The van der Waals surface area contributed by atoms with Crippen molar-refractivity contribution in [1.82, 2.24) is 9.62 Å². The minimum absolute atomic E-state index is 0.152. The van der Waals surface area contributed by atoms with Gasteiger partial charge in [0.1, 0.15) is 0 Å². The van der Waals surface area contributed by atoms with Gasteiger partial charge in [-0.05, 0) is 43.4 Å². The molecule has 1 N–H and O–H groups in total. The number of amides is 1. The van der Waals surface area contributed by atoms with Gasteiger partial charge in [0.05, 0.1) is 18.8 Å². The van der Waals surface area contributed by atoms with Crippen LogP contribution < -0.4 is 4.72 Å². The summed E-state index contributed by atoms with van der Waals surface area (Å²) >= 11 is 1.63. The second kappa shape index (κ2) is 8.37. The van der Waals surface area contributed by atoms with Crippen LogP contribution in [0.15, 0.2) is 30.3 Å². The summed E-state index contributed by atoms with van der Waals surface area (Å²) in [6, 6.07) is 11.2. The Labute approximate surface area is 149 Å². The van der Waals surface area contributed by atoms with Crippen molar-refractivity contribution in [1.29, 1.82) is 0 Å². The minimum Gasteiger partial charge on any atom is -0.376 e. The van der Waals surface area contributed by atoms with Crippen LogP contribution in [0.5, 0.6) is 0 Å². The largest absolute Gasteiger partial charge is 0.376 e. The molecule has 24 heavy (non-hydrogen) atoms. The third-order valence-corrected chi connectivity index (χ3v) is 5.86. The van der Waals surface area contributed by atoms with Gasteiger partial charge in [-0.3, -0.25) is 9.52 Å². The van der Waals surface area contributed by atoms with Gasteiger partial charge >= 0.3 is 0 Å². The van der Waals surface area contributed by atoms with Crippen LogP contribution in [0.25, 0.3) is 0 Å². The molecule has 3 rings (SSSR count). The summed E-state index contributed by atoms with van der Waals surface area (Å²) in [5.41, 5.74) is 1.42. The van der Waals surface area contributed by atoms with Gasteiger partial charge in [0, 0.05) is 19.5 Å². The van der Waals surface area contributed by atoms with E-state index in [1.807, 2.05) is 11.2 Å². The fourth-order valence-corrected chi connectivity index (χ4v) is 4.45. The maximum Gasteiger partial charge on any atom is 0.219 e. The van der Waals surface area contributed by atoms with Gasteiger partial charge in [0.25, 0.3) is 0 Å². The van der Waals surface area contributed by atoms with Crippen molar-refractivity contribution < 1.29 is 9.53 Å². The molecule has 1 aliphatic heterocycles. The molecule has 1 aromatic carbocycles. The summed E-state index contributed by atoms with van der Waals surface area (Å²) < 4.78 is 9.64. The number of hydrogen-bond donors (Lipinski definition) is 1. The van der Waals surface area contributed by atoms with E-state index in [9.17, 15) is 4.79 Å². The minimum atomic E-state index is 0.152. The average molecular weight is 349 g/mol. The number of carbonyl (C=O) groups is 1. The van der Waals surface area contributed by atoms with Crippen molar-refractivity contribution in [3.05, 3.63) is 35.9 Å². The Bertz CT molecular complexity index is 531. The normalized spacial score (nSPS) is 30.0. The summed E-state index contributed by atoms with van der Waals surface area (Å²) in [5.74, 6) is 0.790. The molecule has 1 aromatic rings. The average Bonchev–Trinajstić information content (AvgIpc) is 2.55. The van der Waals surface area contributed by atoms with Crippen LogP contribution in [0.3, 0.4) is 0 Å². The third-order valence-electron chi connectivity index (χ3n) is 5.32. The number of ether oxygens (including phenoxy) is 1. The molecule has 0 aromatic heterocycles. The molecule has 1 saturated heterocycles. The summed E-state index contributed by atoms with van der Waals surface area (Å²) in [5, 5.41) is 0. The van der Waals surface area contributed by atoms with E-state index in [-0.39, 0.29) is 11.9 Å². The molecular weight excluding hydrogens is 320 g/mol. The van der Waals surface area contributed by atoms with Gasteiger partial charge in [-0.25, -0.2) is 0 Å². The molecule has 132 valence electrons. The molecule has 1 heterocycles. The van der Waals surface area contributed by atoms with Crippen molar-refractivity contribution in [3.8, 4) is 0 Å². The maximum absolute atomic E-state index is 12.0. The van der Waals surface area contributed by atoms with Gasteiger partial charge in [-0.2, -0.15) is 0 Å². The number of nitrogens with one attached hydrogen (secondary N) is 1. The number of hydrogen-bond acceptors (Lipinski definition) is 4. The van der Waals surface area contributed by atoms with E-state index in [2.05, 4.69) is 35.1 Å². The number of nitrogens with zero attached hydrogens (tertiary/aromatic N) is 1. The Morgan fingerprint density at radius 3 is 2.75 bits per heavy atom. The fraction of sp³-hybridized carbons (Fsp3) is 0.632. The molecule has 0 bridgehead atoms. The monoisotopic (exact) mass is 348 g/mol. The quantitative estimate of drug-likeness (QED) is 0.802. The number of carbonyl (C=O) groups excluding carboxylic acids is 1. The maximum atomic E-state index is 12.0. The summed E-state index contributed by atoms with van der Waals surface area (Å²) in [7, 11) is 0. The van der Waals surface area contributed by atoms with Crippen molar-refractivity contribution in [2.45, 2.75) is 56.7 Å². The van der Waals surface area contributed by atoms with Crippen molar-refractivity contribution in [3.63, 3.8) is 0 Å². The molecule has 5 heteroatoms. The molecule has 4 nitrogen and oxygen atoms in total. The first kappa shape index (κ1) is 17.8. The Morgan fingerprint density at radius 2 is 2.08 bits per heavy atom. The summed E-state index contributed by atoms with van der Waals surface area (Å²) in [6.07, 6.45) is 6.74. The molecular formula is C19H28N2O2S. The van der Waals surface area contributed by atoms with Crippen LogP contribution in [0.1, 0.15) is 44.1 Å². The molecule has 1 saturated carbocycles. The van der Waals surface area contributed by atoms with E-state index in [4.69, 9.17) is 4.74 Å². The zero-order valence-corrected chi connectivity index (χ0v) is 15.4. The first-order chi connectivity index (χ1) is 11.7. The van der Waals surface area contributed by atoms with Crippen LogP contribution in [0.2, 0.25) is 0 Å². The highest BCUT2D eigenvalue weighted by Crippen LogP contribution is 2.38. The molecule has 0 spiro atoms. The number of piperidine rings is 1. The van der Waals surface area contributed by atoms with Gasteiger partial charge in [0.15, 0.2) is 0 Å². The Morgan fingerprint density at radius 1 is 1.33 bits per heavy atom. The molecule has 1 aliphatic carbocycles. The lowest BCUT2D eigenvalue weighted by atomic mass is 9.77. The lowest BCUT2D eigenvalue weighted by Gasteiger charge is -2.43. The van der Waals surface area contributed by atoms with Gasteiger partial charge in [-0.15, -0.1) is 0 Å². The van der Waals surface area contributed by atoms with Crippen molar-refractivity contribution in [2.24, 2.45) is 0 Å². The van der Waals surface area contributed by atoms with Crippen LogP contribution in [-0.2, 0) is 9.53 Å². The second-order valence-corrected chi connectivity index (χ2v) is 7.53. The predicted molar refractivity (Wildman–Crippen MR) is 99.0 cm³/mol. The number of rotatable bonds is 6. The standard InChI is InChI=1S/C19H28N2O2S/c1-14(22)21-10-6-9-18(20-24-2)19(21)13-23-17-11-16(12-17)15-7-4-3-5-8-15/h3-5,7-8,16-20H,6,9-13H2,1-2H3. The highest BCUT2D eigenvalue weighted by atomic mass is 32.2. The summed E-state index contributed by atoms with van der Waals surface area (Å²) in [4.78, 5) is 14.0. The summed E-state index contributed by atoms with van der Waals surface area (Å²) in [6.45, 7) is 3.17. The first-order valence-electron chi connectivity index (χ1n) is 8.91. The van der Waals surface area contributed by atoms with E-state index in [0.29, 0.717) is 24.7 Å². The third kappa shape index (κ3) is 4.13. The highest BCUT2D eigenvalue weighted by molar-refractivity contribution is 7.96. The van der Waals surface area contributed by atoms with Crippen molar-refractivity contribution in [2.75, 3.05) is 19.4 Å². The van der Waals surface area contributed by atoms with Crippen LogP contribution >= 0.6 is 11.9 Å². The molecule has 0 radical (unpaired) electrons. The zero-order valence-electron chi connectivity index (χ0n) is 14.6. The SMILES string of the molecule is CSNC1CCCN(C(C)=O)C1COC1CC(c2ccccc2)C1. The second-order valence-electron chi connectivity index (χ2n) is 6.88. The van der Waals surface area contributed by atoms with Gasteiger partial charge in [-0.1, -0.05) is 42.3 Å². The number of benzene rings is 1. The first-order valence-corrected chi connectivity index (χ1v) is 10.1. The van der Waals surface area contributed by atoms with Crippen LogP contribution in [-0.4, -0.2) is 48.4 Å². The van der Waals surface area contributed by atoms with E-state index < -0.39 is 0 Å². The van der Waals surface area contributed by atoms with Crippen molar-refractivity contribution >= 4 is 17.9 Å². The van der Waals surface area contributed by atoms with E-state index >= 15 is 0 Å². The highest BCUT2D eigenvalue weighted by Gasteiger charge is 2.36. The van der Waals surface area contributed by atoms with Gasteiger partial charge in [0.2, 0.25) is 5.91 Å². The van der Waals surface area contributed by atoms with E-state index in [1.165, 1.54) is 5.56 Å². The molecule has 1 amide bonds. The lowest BCUT2D eigenvalue weighted by Crippen LogP contribution is -2.56. The van der Waals surface area contributed by atoms with Crippen LogP contribution in [0.4, 0.5) is 0 Å². The Balaban J connectivity index is 1.51. The molecule has 2 fully saturated rings. The predicted octanol–water partition coefficient (Wildman–Crippen LogP) is 3.20. The topological polar surface area (TPSA) is 41.6 Å². The Hall–Kier alpha value is -1.04. The fourth-order valence-electron chi connectivity index (χ4n) is 3.88. The Kier molecular flexibility index (Phi) is 6.19. The number of likely N-dealkylation sites (tertiary alicyclic amines) is 1. The van der Waals surface area contributed by atoms with E-state index in [1.54, 1.807) is 18.9 Å².